The van der Waals surface area contributed by atoms with Crippen LogP contribution in [0.4, 0.5) is 20.1 Å². The van der Waals surface area contributed by atoms with Gasteiger partial charge in [-0.25, -0.2) is 24.2 Å². The monoisotopic (exact) mass is 516 g/mol. The minimum atomic E-state index is -0.904. The lowest BCUT2D eigenvalue weighted by molar-refractivity contribution is -0.121. The Hall–Kier alpha value is -3.36. The molecule has 1 aromatic rings. The Morgan fingerprint density at radius 1 is 0.865 bits per heavy atom. The van der Waals surface area contributed by atoms with E-state index in [1.54, 1.807) is 107 Å². The van der Waals surface area contributed by atoms with Crippen molar-refractivity contribution < 1.29 is 33.4 Å². The van der Waals surface area contributed by atoms with Gasteiger partial charge in [-0.2, -0.15) is 0 Å². The number of anilines is 1. The molecule has 9 heteroatoms. The maximum absolute atomic E-state index is 13.1. The molecule has 0 spiro atoms. The van der Waals surface area contributed by atoms with E-state index >= 15 is 0 Å². The lowest BCUT2D eigenvalue weighted by Crippen LogP contribution is -2.43. The van der Waals surface area contributed by atoms with Crippen LogP contribution in [0.1, 0.15) is 87.3 Å². The molecule has 2 rings (SSSR count). The Balaban J connectivity index is 2.35. The second-order valence-electron chi connectivity index (χ2n) is 12.5. The number of benzene rings is 1. The molecular weight excluding hydrogens is 476 g/mol. The fourth-order valence-corrected chi connectivity index (χ4v) is 3.51. The molecule has 0 bridgehead atoms. The molecule has 1 aliphatic heterocycles. The average molecular weight is 517 g/mol. The van der Waals surface area contributed by atoms with Gasteiger partial charge in [0.15, 0.2) is 0 Å². The molecule has 4 amide bonds. The largest absolute Gasteiger partial charge is 0.443 e. The molecule has 0 fully saturated rings. The van der Waals surface area contributed by atoms with E-state index in [9.17, 15) is 19.2 Å². The van der Waals surface area contributed by atoms with Gasteiger partial charge >= 0.3 is 18.3 Å². The molecule has 0 unspecified atom stereocenters. The van der Waals surface area contributed by atoms with Crippen molar-refractivity contribution in [1.29, 1.82) is 0 Å². The molecule has 0 saturated heterocycles. The van der Waals surface area contributed by atoms with Crippen LogP contribution in [0.15, 0.2) is 24.3 Å². The van der Waals surface area contributed by atoms with Gasteiger partial charge in [-0.15, -0.1) is 0 Å². The molecule has 0 radical (unpaired) electrons. The quantitative estimate of drug-likeness (QED) is 0.426. The highest BCUT2D eigenvalue weighted by Gasteiger charge is 2.48. The van der Waals surface area contributed by atoms with E-state index in [4.69, 9.17) is 14.2 Å². The summed E-state index contributed by atoms with van der Waals surface area (Å²) in [6.45, 7) is 18.8. The van der Waals surface area contributed by atoms with Gasteiger partial charge in [-0.3, -0.25) is 4.79 Å². The van der Waals surface area contributed by atoms with Crippen LogP contribution in [0, 0.1) is 0 Å². The molecule has 0 saturated carbocycles. The van der Waals surface area contributed by atoms with Gasteiger partial charge in [0.1, 0.15) is 16.8 Å². The first-order chi connectivity index (χ1) is 16.6. The summed E-state index contributed by atoms with van der Waals surface area (Å²) < 4.78 is 16.2. The molecule has 9 nitrogen and oxygen atoms in total. The van der Waals surface area contributed by atoms with Gasteiger partial charge in [-0.1, -0.05) is 24.3 Å². The van der Waals surface area contributed by atoms with Crippen LogP contribution in [0.25, 0.3) is 6.08 Å². The second-order valence-corrected chi connectivity index (χ2v) is 12.5. The summed E-state index contributed by atoms with van der Waals surface area (Å²) in [6, 6.07) is 5.29. The molecule has 1 aliphatic rings. The van der Waals surface area contributed by atoms with E-state index < -0.39 is 40.5 Å². The van der Waals surface area contributed by atoms with Crippen LogP contribution in [-0.4, -0.2) is 52.4 Å². The number of imide groups is 2. The van der Waals surface area contributed by atoms with Crippen molar-refractivity contribution in [3.8, 4) is 0 Å². The summed E-state index contributed by atoms with van der Waals surface area (Å²) >= 11 is 0. The lowest BCUT2D eigenvalue weighted by Gasteiger charge is -2.28. The first-order valence-electron chi connectivity index (χ1n) is 12.2. The van der Waals surface area contributed by atoms with Crippen LogP contribution in [0.2, 0.25) is 0 Å². The van der Waals surface area contributed by atoms with Gasteiger partial charge in [-0.05, 0) is 93.4 Å². The van der Waals surface area contributed by atoms with Crippen LogP contribution in [0.3, 0.4) is 0 Å². The van der Waals surface area contributed by atoms with Gasteiger partial charge in [0.2, 0.25) is 5.91 Å². The third-order valence-electron chi connectivity index (χ3n) is 5.08. The Bertz CT molecular complexity index is 1070. The van der Waals surface area contributed by atoms with Crippen LogP contribution >= 0.6 is 0 Å². The first kappa shape index (κ1) is 29.9. The van der Waals surface area contributed by atoms with Crippen molar-refractivity contribution in [1.82, 2.24) is 4.90 Å². The first-order valence-corrected chi connectivity index (χ1v) is 12.2. The number of amides is 4. The smallest absolute Gasteiger partial charge is 0.421 e. The average Bonchev–Trinajstić information content (AvgIpc) is 2.86. The fourth-order valence-electron chi connectivity index (χ4n) is 3.51. The number of fused-ring (bicyclic) bond motifs is 1. The molecule has 204 valence electrons. The van der Waals surface area contributed by atoms with Crippen LogP contribution in [0.5, 0.6) is 0 Å². The van der Waals surface area contributed by atoms with Gasteiger partial charge in [0.25, 0.3) is 0 Å². The zero-order chi connectivity index (χ0) is 28.6. The van der Waals surface area contributed by atoms with Crippen molar-refractivity contribution in [3.63, 3.8) is 0 Å². The molecule has 0 N–H and O–H groups in total. The molecule has 0 aliphatic carbocycles. The zero-order valence-corrected chi connectivity index (χ0v) is 23.8. The predicted molar refractivity (Wildman–Crippen MR) is 141 cm³/mol. The van der Waals surface area contributed by atoms with Crippen molar-refractivity contribution >= 4 is 36.0 Å². The summed E-state index contributed by atoms with van der Waals surface area (Å²) in [4.78, 5) is 53.3. The molecule has 1 heterocycles. The Labute approximate surface area is 219 Å². The van der Waals surface area contributed by atoms with E-state index in [-0.39, 0.29) is 12.5 Å². The molecule has 1 aromatic carbocycles. The highest BCUT2D eigenvalue weighted by atomic mass is 16.6. The molecule has 0 aromatic heterocycles. The third-order valence-corrected chi connectivity index (χ3v) is 5.08. The van der Waals surface area contributed by atoms with Gasteiger partial charge in [0.05, 0.1) is 17.6 Å². The van der Waals surface area contributed by atoms with Crippen LogP contribution in [-0.2, 0) is 24.4 Å². The van der Waals surface area contributed by atoms with E-state index in [2.05, 4.69) is 0 Å². The minimum absolute atomic E-state index is 0.110. The number of carbonyl (C=O) groups is 4. The minimum Gasteiger partial charge on any atom is -0.443 e. The Morgan fingerprint density at radius 3 is 1.81 bits per heavy atom. The summed E-state index contributed by atoms with van der Waals surface area (Å²) in [7, 11) is 0. The molecule has 0 atom stereocenters. The maximum atomic E-state index is 13.1. The number of hydrogen-bond donors (Lipinski definition) is 0. The fraction of sp³-hybridized carbons (Fsp3) is 0.571. The summed E-state index contributed by atoms with van der Waals surface area (Å²) in [5.41, 5.74) is -1.48. The van der Waals surface area contributed by atoms with Gasteiger partial charge in [0, 0.05) is 0 Å². The van der Waals surface area contributed by atoms with E-state index in [0.29, 0.717) is 16.8 Å². The Kier molecular flexibility index (Phi) is 8.22. The zero-order valence-electron chi connectivity index (χ0n) is 23.8. The standard InChI is InChI=1S/C28H40N2O7/c1-25(2,3)35-22(32)29(23(33)36-26(4,5)6)16-12-13-18-14-15-19-20(17-18)30(21(31)28(19,10)11)24(34)37-27(7,8)9/h12-15,17H,16H2,1-11H3. The summed E-state index contributed by atoms with van der Waals surface area (Å²) in [6.07, 6.45) is 0.888. The number of carbonyl (C=O) groups excluding carboxylic acids is 4. The normalized spacial score (nSPS) is 15.4. The maximum Gasteiger partial charge on any atom is 0.421 e. The Morgan fingerprint density at radius 2 is 1.35 bits per heavy atom. The van der Waals surface area contributed by atoms with E-state index in [1.807, 2.05) is 0 Å². The highest BCUT2D eigenvalue weighted by molar-refractivity contribution is 6.21. The highest BCUT2D eigenvalue weighted by Crippen LogP contribution is 2.42. The molecular formula is C28H40N2O7. The lowest BCUT2D eigenvalue weighted by atomic mass is 9.86. The number of nitrogens with zero attached hydrogens (tertiary/aromatic N) is 2. The third kappa shape index (κ3) is 7.81. The summed E-state index contributed by atoms with van der Waals surface area (Å²) in [5, 5.41) is 0. The summed E-state index contributed by atoms with van der Waals surface area (Å²) in [5.74, 6) is -0.376. The van der Waals surface area contributed by atoms with Gasteiger partial charge < -0.3 is 14.2 Å². The number of ether oxygens (including phenoxy) is 3. The number of rotatable bonds is 3. The van der Waals surface area contributed by atoms with Crippen molar-refractivity contribution in [3.05, 3.63) is 35.4 Å². The SMILES string of the molecule is CC(C)(C)OC(=O)N(CC=Cc1ccc2c(c1)N(C(=O)OC(C)(C)C)C(=O)C2(C)C)C(=O)OC(C)(C)C. The number of hydrogen-bond acceptors (Lipinski definition) is 7. The van der Waals surface area contributed by atoms with E-state index in [0.717, 1.165) is 9.80 Å². The van der Waals surface area contributed by atoms with E-state index in [1.165, 1.54) is 0 Å². The second kappa shape index (κ2) is 10.2. The predicted octanol–water partition coefficient (Wildman–Crippen LogP) is 6.43. The van der Waals surface area contributed by atoms with Crippen molar-refractivity contribution in [2.75, 3.05) is 11.4 Å². The topological polar surface area (TPSA) is 102 Å². The van der Waals surface area contributed by atoms with Crippen molar-refractivity contribution in [2.45, 2.75) is 98.4 Å². The van der Waals surface area contributed by atoms with Crippen molar-refractivity contribution in [2.24, 2.45) is 0 Å². The molecule has 37 heavy (non-hydrogen) atoms. The van der Waals surface area contributed by atoms with Crippen LogP contribution < -0.4 is 4.90 Å².